The van der Waals surface area contributed by atoms with Crippen molar-refractivity contribution >= 4 is 23.9 Å². The molecule has 0 aliphatic heterocycles. The van der Waals surface area contributed by atoms with Crippen LogP contribution >= 0.6 is 0 Å². The number of carbonyl (C=O) groups is 4. The predicted octanol–water partition coefficient (Wildman–Crippen LogP) is 11.1. The van der Waals surface area contributed by atoms with Gasteiger partial charge in [-0.15, -0.1) is 0 Å². The monoisotopic (exact) mass is 760 g/mol. The van der Waals surface area contributed by atoms with Crippen LogP contribution in [0.25, 0.3) is 0 Å². The molecule has 310 valence electrons. The van der Waals surface area contributed by atoms with Gasteiger partial charge in [0, 0.05) is 32.2 Å². The summed E-state index contributed by atoms with van der Waals surface area (Å²) in [4.78, 5) is 50.9. The molecule has 0 atom stereocenters. The Morgan fingerprint density at radius 2 is 0.704 bits per heavy atom. The van der Waals surface area contributed by atoms with Crippen LogP contribution in [0, 0.1) is 0 Å². The quantitative estimate of drug-likeness (QED) is 0.0375. The first-order valence-electron chi connectivity index (χ1n) is 21.6. The molecule has 0 unspecified atom stereocenters. The molecule has 0 saturated carbocycles. The van der Waals surface area contributed by atoms with Gasteiger partial charge in [0.1, 0.15) is 13.2 Å². The lowest BCUT2D eigenvalue weighted by Gasteiger charge is -2.14. The van der Waals surface area contributed by atoms with E-state index >= 15 is 0 Å². The van der Waals surface area contributed by atoms with Crippen molar-refractivity contribution in [1.29, 1.82) is 0 Å². The summed E-state index contributed by atoms with van der Waals surface area (Å²) in [6, 6.07) is 5.98. The van der Waals surface area contributed by atoms with Gasteiger partial charge in [-0.25, -0.2) is 0 Å². The molecule has 54 heavy (non-hydrogen) atoms. The molecule has 0 heterocycles. The molecule has 0 saturated heterocycles. The van der Waals surface area contributed by atoms with Crippen LogP contribution in [0.15, 0.2) is 18.2 Å². The number of esters is 4. The van der Waals surface area contributed by atoms with Crippen molar-refractivity contribution in [3.63, 3.8) is 0 Å². The highest BCUT2D eigenvalue weighted by Crippen LogP contribution is 2.17. The van der Waals surface area contributed by atoms with Crippen molar-refractivity contribution < 1.29 is 38.1 Å². The molecule has 0 aliphatic rings. The van der Waals surface area contributed by atoms with Gasteiger partial charge in [0.05, 0.1) is 13.2 Å². The van der Waals surface area contributed by atoms with Gasteiger partial charge in [0.25, 0.3) is 0 Å². The third-order valence-electron chi connectivity index (χ3n) is 9.46. The summed E-state index contributed by atoms with van der Waals surface area (Å²) in [7, 11) is 3.99. The largest absolute Gasteiger partial charge is 0.466 e. The lowest BCUT2D eigenvalue weighted by atomic mass is 10.1. The van der Waals surface area contributed by atoms with Gasteiger partial charge in [-0.2, -0.15) is 0 Å². The van der Waals surface area contributed by atoms with Crippen molar-refractivity contribution in [3.05, 3.63) is 34.9 Å². The van der Waals surface area contributed by atoms with Gasteiger partial charge >= 0.3 is 23.9 Å². The van der Waals surface area contributed by atoms with Gasteiger partial charge in [0.2, 0.25) is 0 Å². The first kappa shape index (κ1) is 49.1. The van der Waals surface area contributed by atoms with Crippen molar-refractivity contribution in [1.82, 2.24) is 4.90 Å². The summed E-state index contributed by atoms with van der Waals surface area (Å²) in [6.45, 7) is 6.51. The Hall–Kier alpha value is -2.94. The van der Waals surface area contributed by atoms with Crippen molar-refractivity contribution in [2.24, 2.45) is 0 Å². The zero-order valence-corrected chi connectivity index (χ0v) is 34.9. The third-order valence-corrected chi connectivity index (χ3v) is 9.46. The second kappa shape index (κ2) is 34.5. The zero-order valence-electron chi connectivity index (χ0n) is 34.9. The standard InChI is InChI=1S/C45H77NO8/c1-5-7-9-11-13-19-25-31-51-42(47)27-21-15-17-23-29-44(49)53-37-40-33-39(36-46(3)4)34-41(35-40)38-54-45(50)30-24-18-16-22-28-43(48)52-32-26-20-14-12-10-8-6-2/h33-35H,5-32,36-38H2,1-4H3. The van der Waals surface area contributed by atoms with Crippen molar-refractivity contribution in [2.45, 2.75) is 201 Å². The molecule has 0 aromatic heterocycles. The average molecular weight is 760 g/mol. The van der Waals surface area contributed by atoms with Crippen LogP contribution in [-0.2, 0) is 57.9 Å². The maximum atomic E-state index is 12.5. The second-order valence-corrected chi connectivity index (χ2v) is 15.2. The van der Waals surface area contributed by atoms with Crippen molar-refractivity contribution in [3.8, 4) is 0 Å². The minimum atomic E-state index is -0.240. The molecule has 9 heteroatoms. The molecule has 1 rings (SSSR count). The van der Waals surface area contributed by atoms with Gasteiger partial charge in [-0.1, -0.05) is 129 Å². The summed E-state index contributed by atoms with van der Waals surface area (Å²) in [5, 5.41) is 0. The second-order valence-electron chi connectivity index (χ2n) is 15.2. The number of unbranched alkanes of at least 4 members (excludes halogenated alkanes) is 18. The van der Waals surface area contributed by atoms with E-state index in [0.717, 1.165) is 93.7 Å². The van der Waals surface area contributed by atoms with E-state index in [0.29, 0.717) is 45.4 Å². The number of hydrogen-bond donors (Lipinski definition) is 0. The van der Waals surface area contributed by atoms with E-state index in [1.54, 1.807) is 0 Å². The van der Waals surface area contributed by atoms with Gasteiger partial charge in [-0.3, -0.25) is 19.2 Å². The fraction of sp³-hybridized carbons (Fsp3) is 0.778. The Morgan fingerprint density at radius 3 is 1.06 bits per heavy atom. The minimum Gasteiger partial charge on any atom is -0.466 e. The van der Waals surface area contributed by atoms with Crippen LogP contribution in [0.5, 0.6) is 0 Å². The van der Waals surface area contributed by atoms with E-state index < -0.39 is 0 Å². The molecule has 0 radical (unpaired) electrons. The van der Waals surface area contributed by atoms with Gasteiger partial charge < -0.3 is 23.8 Å². The Balaban J connectivity index is 2.22. The van der Waals surface area contributed by atoms with Crippen LogP contribution < -0.4 is 0 Å². The third kappa shape index (κ3) is 30.4. The molecule has 0 bridgehead atoms. The Bertz CT molecular complexity index is 1040. The van der Waals surface area contributed by atoms with E-state index in [4.69, 9.17) is 18.9 Å². The van der Waals surface area contributed by atoms with Crippen LogP contribution in [0.3, 0.4) is 0 Å². The summed E-state index contributed by atoms with van der Waals surface area (Å²) >= 11 is 0. The highest BCUT2D eigenvalue weighted by molar-refractivity contribution is 5.70. The zero-order chi connectivity index (χ0) is 39.5. The molecule has 1 aromatic carbocycles. The lowest BCUT2D eigenvalue weighted by Crippen LogP contribution is -2.12. The molecular formula is C45H77NO8. The number of benzene rings is 1. The van der Waals surface area contributed by atoms with Crippen LogP contribution in [0.2, 0.25) is 0 Å². The van der Waals surface area contributed by atoms with E-state index in [1.165, 1.54) is 64.2 Å². The molecule has 0 amide bonds. The average Bonchev–Trinajstić information content (AvgIpc) is 3.14. The predicted molar refractivity (Wildman–Crippen MR) is 217 cm³/mol. The van der Waals surface area contributed by atoms with E-state index in [-0.39, 0.29) is 37.1 Å². The molecule has 0 spiro atoms. The highest BCUT2D eigenvalue weighted by Gasteiger charge is 2.10. The smallest absolute Gasteiger partial charge is 0.306 e. The number of nitrogens with zero attached hydrogens (tertiary/aromatic N) is 1. The summed E-state index contributed by atoms with van der Waals surface area (Å²) in [5.41, 5.74) is 2.79. The maximum absolute atomic E-state index is 12.5. The van der Waals surface area contributed by atoms with E-state index in [9.17, 15) is 19.2 Å². The molecule has 0 N–H and O–H groups in total. The van der Waals surface area contributed by atoms with Gasteiger partial charge in [0.15, 0.2) is 0 Å². The summed E-state index contributed by atoms with van der Waals surface area (Å²) in [5.74, 6) is -0.727. The topological polar surface area (TPSA) is 108 Å². The highest BCUT2D eigenvalue weighted by atomic mass is 16.5. The Kier molecular flexibility index (Phi) is 31.4. The first-order chi connectivity index (χ1) is 26.2. The Morgan fingerprint density at radius 1 is 0.407 bits per heavy atom. The van der Waals surface area contributed by atoms with Crippen molar-refractivity contribution in [2.75, 3.05) is 27.3 Å². The molecule has 9 nitrogen and oxygen atoms in total. The fourth-order valence-electron chi connectivity index (χ4n) is 6.35. The van der Waals surface area contributed by atoms with E-state index in [1.807, 2.05) is 32.3 Å². The number of hydrogen-bond acceptors (Lipinski definition) is 9. The molecule has 0 aliphatic carbocycles. The number of rotatable bonds is 36. The SMILES string of the molecule is CCCCCCCCCOC(=O)CCCCCCC(=O)OCc1cc(COC(=O)CCCCCCC(=O)OCCCCCCCCC)cc(CN(C)C)c1. The van der Waals surface area contributed by atoms with Gasteiger partial charge in [-0.05, 0) is 75.4 Å². The minimum absolute atomic E-state index is 0.123. The first-order valence-corrected chi connectivity index (χ1v) is 21.6. The Labute approximate surface area is 329 Å². The fourth-order valence-corrected chi connectivity index (χ4v) is 6.35. The van der Waals surface area contributed by atoms with Crippen LogP contribution in [-0.4, -0.2) is 56.1 Å². The normalized spacial score (nSPS) is 11.1. The molecule has 1 aromatic rings. The maximum Gasteiger partial charge on any atom is 0.306 e. The number of ether oxygens (including phenoxy) is 4. The number of carbonyl (C=O) groups excluding carboxylic acids is 4. The van der Waals surface area contributed by atoms with Crippen LogP contribution in [0.4, 0.5) is 0 Å². The summed E-state index contributed by atoms with van der Waals surface area (Å²) < 4.78 is 21.9. The molecule has 0 fully saturated rings. The lowest BCUT2D eigenvalue weighted by molar-refractivity contribution is -0.145. The van der Waals surface area contributed by atoms with E-state index in [2.05, 4.69) is 18.7 Å². The van der Waals surface area contributed by atoms with Crippen LogP contribution in [0.1, 0.15) is 197 Å². The summed E-state index contributed by atoms with van der Waals surface area (Å²) in [6.07, 6.45) is 24.8. The molecular weight excluding hydrogens is 682 g/mol.